The van der Waals surface area contributed by atoms with E-state index in [1.54, 1.807) is 24.9 Å². The van der Waals surface area contributed by atoms with E-state index in [9.17, 15) is 14.5 Å². The SMILES string of the molecule is COc1cc2c(c(OC)c1)-c1cc(=O)c(C(=O)N=O)cn1C(C)C2. The molecule has 24 heavy (non-hydrogen) atoms. The molecule has 2 heterocycles. The topological polar surface area (TPSA) is 87.0 Å². The van der Waals surface area contributed by atoms with Crippen LogP contribution in [-0.4, -0.2) is 24.7 Å². The van der Waals surface area contributed by atoms with Crippen LogP contribution in [0.2, 0.25) is 0 Å². The summed E-state index contributed by atoms with van der Waals surface area (Å²) in [5.74, 6) is 0.192. The summed E-state index contributed by atoms with van der Waals surface area (Å²) in [5.41, 5.74) is 1.65. The Balaban J connectivity index is 2.31. The molecule has 0 fully saturated rings. The van der Waals surface area contributed by atoms with Crippen molar-refractivity contribution in [1.29, 1.82) is 0 Å². The molecule has 1 unspecified atom stereocenters. The number of aromatic nitrogens is 1. The third-order valence-electron chi connectivity index (χ3n) is 4.25. The lowest BCUT2D eigenvalue weighted by Crippen LogP contribution is -2.24. The summed E-state index contributed by atoms with van der Waals surface area (Å²) < 4.78 is 12.6. The number of hydrogen-bond donors (Lipinski definition) is 0. The maximum absolute atomic E-state index is 12.2. The second-order valence-electron chi connectivity index (χ2n) is 5.66. The minimum absolute atomic E-state index is 0.0110. The molecule has 7 heteroatoms. The number of hydrogen-bond acceptors (Lipinski definition) is 5. The largest absolute Gasteiger partial charge is 0.497 e. The summed E-state index contributed by atoms with van der Waals surface area (Å²) in [7, 11) is 3.12. The molecular formula is C17H16N2O5. The predicted molar refractivity (Wildman–Crippen MR) is 87.8 cm³/mol. The average Bonchev–Trinajstić information content (AvgIpc) is 2.59. The number of amides is 1. The minimum Gasteiger partial charge on any atom is -0.497 e. The Kier molecular flexibility index (Phi) is 3.92. The van der Waals surface area contributed by atoms with Crippen LogP contribution in [-0.2, 0) is 6.42 Å². The molecule has 1 aromatic heterocycles. The normalized spacial score (nSPS) is 15.2. The molecule has 1 atom stereocenters. The number of nitroso groups, excluding NO2 is 1. The summed E-state index contributed by atoms with van der Waals surface area (Å²) in [6.45, 7) is 1.96. The number of carbonyl (C=O) groups excluding carboxylic acids is 1. The Morgan fingerprint density at radius 2 is 2.00 bits per heavy atom. The Hall–Kier alpha value is -2.96. The van der Waals surface area contributed by atoms with Gasteiger partial charge in [-0.05, 0) is 25.0 Å². The van der Waals surface area contributed by atoms with Gasteiger partial charge in [0.05, 0.1) is 19.9 Å². The van der Waals surface area contributed by atoms with Gasteiger partial charge in [0.2, 0.25) is 0 Å². The number of methoxy groups -OCH3 is 2. The fourth-order valence-electron chi connectivity index (χ4n) is 3.12. The summed E-state index contributed by atoms with van der Waals surface area (Å²) in [4.78, 5) is 34.3. The predicted octanol–water partition coefficient (Wildman–Crippen LogP) is 2.56. The summed E-state index contributed by atoms with van der Waals surface area (Å²) in [5, 5.41) is 2.35. The molecule has 7 nitrogen and oxygen atoms in total. The highest BCUT2D eigenvalue weighted by Crippen LogP contribution is 2.42. The highest BCUT2D eigenvalue weighted by Gasteiger charge is 2.27. The number of benzene rings is 1. The molecular weight excluding hydrogens is 312 g/mol. The van der Waals surface area contributed by atoms with E-state index in [0.717, 1.165) is 11.1 Å². The fraction of sp³-hybridized carbons (Fsp3) is 0.294. The van der Waals surface area contributed by atoms with E-state index in [1.807, 2.05) is 13.0 Å². The monoisotopic (exact) mass is 328 g/mol. The lowest BCUT2D eigenvalue weighted by molar-refractivity contribution is 0.0999. The van der Waals surface area contributed by atoms with Crippen molar-refractivity contribution in [3.05, 3.63) is 50.7 Å². The molecule has 1 aromatic carbocycles. The van der Waals surface area contributed by atoms with Crippen molar-refractivity contribution < 1.29 is 14.3 Å². The van der Waals surface area contributed by atoms with Crippen molar-refractivity contribution in [3.8, 4) is 22.8 Å². The molecule has 1 amide bonds. The molecule has 0 spiro atoms. The van der Waals surface area contributed by atoms with Crippen molar-refractivity contribution >= 4 is 5.91 Å². The van der Waals surface area contributed by atoms with Gasteiger partial charge in [-0.1, -0.05) is 0 Å². The molecule has 0 saturated heterocycles. The number of rotatable bonds is 3. The van der Waals surface area contributed by atoms with Crippen LogP contribution in [0.25, 0.3) is 11.3 Å². The lowest BCUT2D eigenvalue weighted by atomic mass is 9.91. The maximum atomic E-state index is 12.2. The van der Waals surface area contributed by atoms with Crippen LogP contribution in [0.3, 0.4) is 0 Å². The van der Waals surface area contributed by atoms with Crippen LogP contribution in [0.15, 0.2) is 34.4 Å². The van der Waals surface area contributed by atoms with Gasteiger partial charge >= 0.3 is 5.91 Å². The first-order chi connectivity index (χ1) is 11.5. The molecule has 0 radical (unpaired) electrons. The number of fused-ring (bicyclic) bond motifs is 3. The summed E-state index contributed by atoms with van der Waals surface area (Å²) >= 11 is 0. The van der Waals surface area contributed by atoms with Crippen LogP contribution >= 0.6 is 0 Å². The van der Waals surface area contributed by atoms with Gasteiger partial charge < -0.3 is 14.0 Å². The van der Waals surface area contributed by atoms with E-state index >= 15 is 0 Å². The van der Waals surface area contributed by atoms with Gasteiger partial charge in [-0.15, -0.1) is 4.91 Å². The Labute approximate surface area is 137 Å². The van der Waals surface area contributed by atoms with Crippen LogP contribution in [0.4, 0.5) is 0 Å². The van der Waals surface area contributed by atoms with Gasteiger partial charge in [-0.25, -0.2) is 0 Å². The van der Waals surface area contributed by atoms with Crippen LogP contribution in [0.1, 0.15) is 28.9 Å². The lowest BCUT2D eigenvalue weighted by Gasteiger charge is -2.29. The Morgan fingerprint density at radius 3 is 2.62 bits per heavy atom. The van der Waals surface area contributed by atoms with Gasteiger partial charge in [-0.3, -0.25) is 9.59 Å². The fourth-order valence-corrected chi connectivity index (χ4v) is 3.12. The first kappa shape index (κ1) is 15.9. The number of ether oxygens (including phenoxy) is 2. The van der Waals surface area contributed by atoms with E-state index in [0.29, 0.717) is 23.6 Å². The van der Waals surface area contributed by atoms with Crippen molar-refractivity contribution in [2.75, 3.05) is 14.2 Å². The second kappa shape index (κ2) is 5.92. The Bertz CT molecular complexity index is 901. The molecule has 0 N–H and O–H groups in total. The zero-order valence-corrected chi connectivity index (χ0v) is 13.5. The smallest absolute Gasteiger partial charge is 0.322 e. The number of carbonyl (C=O) groups is 1. The highest BCUT2D eigenvalue weighted by atomic mass is 16.5. The van der Waals surface area contributed by atoms with Gasteiger partial charge in [-0.2, -0.15) is 0 Å². The molecule has 124 valence electrons. The van der Waals surface area contributed by atoms with Crippen LogP contribution in [0, 0.1) is 4.91 Å². The summed E-state index contributed by atoms with van der Waals surface area (Å²) in [6.07, 6.45) is 2.07. The third kappa shape index (κ3) is 2.38. The average molecular weight is 328 g/mol. The van der Waals surface area contributed by atoms with Crippen molar-refractivity contribution in [1.82, 2.24) is 4.57 Å². The van der Waals surface area contributed by atoms with Gasteiger partial charge in [0, 0.05) is 35.1 Å². The maximum Gasteiger partial charge on any atom is 0.322 e. The first-order valence-electron chi connectivity index (χ1n) is 7.39. The van der Waals surface area contributed by atoms with Crippen molar-refractivity contribution in [3.63, 3.8) is 0 Å². The van der Waals surface area contributed by atoms with E-state index in [1.165, 1.54) is 12.3 Å². The van der Waals surface area contributed by atoms with E-state index in [2.05, 4.69) is 5.18 Å². The molecule has 3 rings (SSSR count). The van der Waals surface area contributed by atoms with Crippen LogP contribution in [0.5, 0.6) is 11.5 Å². The van der Waals surface area contributed by atoms with Gasteiger partial charge in [0.1, 0.15) is 17.1 Å². The second-order valence-corrected chi connectivity index (χ2v) is 5.66. The Morgan fingerprint density at radius 1 is 1.25 bits per heavy atom. The molecule has 0 aliphatic carbocycles. The van der Waals surface area contributed by atoms with Crippen molar-refractivity contribution in [2.24, 2.45) is 5.18 Å². The standard InChI is InChI=1S/C17H16N2O5/c1-9-4-10-5-11(23-2)6-15(24-3)16(10)13-7-14(20)12(8-19(9)13)17(21)18-22/h5-9H,4H2,1-3H3. The quantitative estimate of drug-likeness (QED) is 0.808. The first-order valence-corrected chi connectivity index (χ1v) is 7.39. The zero-order chi connectivity index (χ0) is 17.4. The van der Waals surface area contributed by atoms with E-state index in [4.69, 9.17) is 9.47 Å². The van der Waals surface area contributed by atoms with E-state index < -0.39 is 11.3 Å². The molecule has 0 bridgehead atoms. The summed E-state index contributed by atoms with van der Waals surface area (Å²) in [6, 6.07) is 4.99. The van der Waals surface area contributed by atoms with Crippen molar-refractivity contribution in [2.45, 2.75) is 19.4 Å². The number of pyridine rings is 1. The number of nitrogens with zero attached hydrogens (tertiary/aromatic N) is 2. The molecule has 1 aliphatic rings. The van der Waals surface area contributed by atoms with Gasteiger partial charge in [0.25, 0.3) is 0 Å². The molecule has 0 saturated carbocycles. The third-order valence-corrected chi connectivity index (χ3v) is 4.25. The highest BCUT2D eigenvalue weighted by molar-refractivity contribution is 5.94. The van der Waals surface area contributed by atoms with Gasteiger partial charge in [0.15, 0.2) is 5.43 Å². The molecule has 1 aliphatic heterocycles. The minimum atomic E-state index is -1.06. The van der Waals surface area contributed by atoms with Crippen LogP contribution < -0.4 is 14.9 Å². The molecule has 2 aromatic rings. The zero-order valence-electron chi connectivity index (χ0n) is 13.5. The van der Waals surface area contributed by atoms with E-state index in [-0.39, 0.29) is 11.6 Å².